The predicted octanol–water partition coefficient (Wildman–Crippen LogP) is 1.78. The minimum Gasteiger partial charge on any atom is -0.349 e. The van der Waals surface area contributed by atoms with Crippen LogP contribution in [0.2, 0.25) is 5.02 Å². The smallest absolute Gasteiger partial charge is 0.253 e. The van der Waals surface area contributed by atoms with Crippen molar-refractivity contribution in [2.45, 2.75) is 31.3 Å². The molecule has 1 amide bonds. The van der Waals surface area contributed by atoms with E-state index in [1.807, 2.05) is 28.6 Å². The van der Waals surface area contributed by atoms with E-state index in [1.165, 1.54) is 12.4 Å². The molecule has 26 heavy (non-hydrogen) atoms. The second kappa shape index (κ2) is 6.87. The summed E-state index contributed by atoms with van der Waals surface area (Å²) >= 11 is 5.88. The number of halogens is 1. The van der Waals surface area contributed by atoms with Crippen molar-refractivity contribution in [2.75, 3.05) is 0 Å². The van der Waals surface area contributed by atoms with Crippen LogP contribution in [0, 0.1) is 0 Å². The van der Waals surface area contributed by atoms with Crippen LogP contribution in [0.15, 0.2) is 36.9 Å². The fraction of sp³-hybridized carbons (Fsp3) is 0.353. The Labute approximate surface area is 155 Å². The molecule has 3 aromatic rings. The lowest BCUT2D eigenvalue weighted by molar-refractivity contribution is 0.0906. The number of nitrogens with zero attached hydrogens (tertiary/aromatic N) is 6. The molecule has 0 radical (unpaired) electrons. The van der Waals surface area contributed by atoms with E-state index in [9.17, 15) is 4.79 Å². The van der Waals surface area contributed by atoms with Gasteiger partial charge in [-0.25, -0.2) is 0 Å². The first-order valence-electron chi connectivity index (χ1n) is 8.37. The zero-order chi connectivity index (χ0) is 18.1. The molecule has 0 spiro atoms. The van der Waals surface area contributed by atoms with Gasteiger partial charge < -0.3 is 9.88 Å². The van der Waals surface area contributed by atoms with Gasteiger partial charge >= 0.3 is 0 Å². The van der Waals surface area contributed by atoms with Gasteiger partial charge in [0.2, 0.25) is 0 Å². The van der Waals surface area contributed by atoms with E-state index in [0.29, 0.717) is 23.0 Å². The van der Waals surface area contributed by atoms with Gasteiger partial charge in [-0.05, 0) is 25.0 Å². The number of hydrogen-bond acceptors (Lipinski definition) is 5. The number of rotatable bonds is 5. The summed E-state index contributed by atoms with van der Waals surface area (Å²) in [7, 11) is 1.97. The quantitative estimate of drug-likeness (QED) is 0.738. The molecule has 1 N–H and O–H groups in total. The summed E-state index contributed by atoms with van der Waals surface area (Å²) in [6.45, 7) is 0.588. The van der Waals surface area contributed by atoms with E-state index in [-0.39, 0.29) is 11.9 Å². The molecule has 1 aliphatic rings. The second-order valence-electron chi connectivity index (χ2n) is 6.47. The molecule has 134 valence electrons. The first-order valence-corrected chi connectivity index (χ1v) is 8.75. The van der Waals surface area contributed by atoms with Gasteiger partial charge in [0.1, 0.15) is 12.4 Å². The van der Waals surface area contributed by atoms with Crippen LogP contribution in [0.4, 0.5) is 0 Å². The van der Waals surface area contributed by atoms with Gasteiger partial charge in [-0.3, -0.25) is 14.5 Å². The van der Waals surface area contributed by atoms with Crippen molar-refractivity contribution in [3.05, 3.63) is 59.2 Å². The van der Waals surface area contributed by atoms with E-state index >= 15 is 0 Å². The highest BCUT2D eigenvalue weighted by atomic mass is 35.5. The van der Waals surface area contributed by atoms with Crippen molar-refractivity contribution in [3.8, 4) is 0 Å². The molecule has 4 rings (SSSR count). The molecule has 3 heterocycles. The summed E-state index contributed by atoms with van der Waals surface area (Å²) in [5.74, 6) is 1.95. The van der Waals surface area contributed by atoms with Crippen LogP contribution in [-0.2, 0) is 13.6 Å². The molecule has 0 unspecified atom stereocenters. The molecule has 0 aromatic carbocycles. The molecular formula is C17H18ClN7O. The van der Waals surface area contributed by atoms with Crippen molar-refractivity contribution >= 4 is 17.5 Å². The molecule has 1 saturated carbocycles. The third-order valence-corrected chi connectivity index (χ3v) is 4.87. The maximum absolute atomic E-state index is 12.2. The summed E-state index contributed by atoms with van der Waals surface area (Å²) in [6.07, 6.45) is 8.34. The van der Waals surface area contributed by atoms with Crippen LogP contribution in [-0.4, -0.2) is 41.5 Å². The molecule has 1 aliphatic carbocycles. The number of nitrogens with one attached hydrogen (secondary N) is 1. The van der Waals surface area contributed by atoms with Crippen LogP contribution in [0.3, 0.4) is 0 Å². The zero-order valence-corrected chi connectivity index (χ0v) is 15.0. The summed E-state index contributed by atoms with van der Waals surface area (Å²) in [6, 6.07) is 3.62. The summed E-state index contributed by atoms with van der Waals surface area (Å²) in [5.41, 5.74) is 0.473. The number of pyridine rings is 1. The fourth-order valence-corrected chi connectivity index (χ4v) is 3.33. The zero-order valence-electron chi connectivity index (χ0n) is 14.2. The van der Waals surface area contributed by atoms with Crippen LogP contribution >= 0.6 is 11.6 Å². The number of carbonyl (C=O) groups excluding carboxylic acids is 1. The van der Waals surface area contributed by atoms with Crippen LogP contribution in [0.25, 0.3) is 0 Å². The van der Waals surface area contributed by atoms with E-state index in [4.69, 9.17) is 11.6 Å². The van der Waals surface area contributed by atoms with Gasteiger partial charge in [0.05, 0.1) is 10.6 Å². The number of amides is 1. The molecule has 0 saturated heterocycles. The molecule has 8 nitrogen and oxygen atoms in total. The van der Waals surface area contributed by atoms with Crippen molar-refractivity contribution in [1.29, 1.82) is 0 Å². The van der Waals surface area contributed by atoms with Gasteiger partial charge in [0.15, 0.2) is 5.82 Å². The third kappa shape index (κ3) is 3.32. The molecule has 1 fully saturated rings. The second-order valence-corrected chi connectivity index (χ2v) is 6.90. The minimum absolute atomic E-state index is 0.123. The average Bonchev–Trinajstić information content (AvgIpc) is 3.22. The normalized spacial score (nSPS) is 19.2. The lowest BCUT2D eigenvalue weighted by atomic mass is 9.79. The maximum atomic E-state index is 12.2. The Balaban J connectivity index is 1.35. The molecule has 0 atom stereocenters. The van der Waals surface area contributed by atoms with Crippen molar-refractivity contribution in [3.63, 3.8) is 0 Å². The van der Waals surface area contributed by atoms with Gasteiger partial charge in [-0.15, -0.1) is 10.2 Å². The first-order chi connectivity index (χ1) is 12.6. The topological polar surface area (TPSA) is 90.5 Å². The largest absolute Gasteiger partial charge is 0.349 e. The minimum atomic E-state index is -0.152. The van der Waals surface area contributed by atoms with E-state index in [2.05, 4.69) is 25.6 Å². The highest BCUT2D eigenvalue weighted by molar-refractivity contribution is 6.30. The van der Waals surface area contributed by atoms with Crippen molar-refractivity contribution in [2.24, 2.45) is 7.05 Å². The standard InChI is InChI=1S/C17H18ClN7O/c1-24-15(10-25-4-2-3-20-25)22-23-16(24)11-6-14(7-11)21-17(26)12-5-13(18)9-19-8-12/h2-5,8-9,11,14H,6-7,10H2,1H3,(H,21,26). The van der Waals surface area contributed by atoms with Gasteiger partial charge in [0, 0.05) is 43.8 Å². The molecule has 0 bridgehead atoms. The Bertz CT molecular complexity index is 915. The maximum Gasteiger partial charge on any atom is 0.253 e. The monoisotopic (exact) mass is 371 g/mol. The number of aromatic nitrogens is 6. The third-order valence-electron chi connectivity index (χ3n) is 4.67. The number of hydrogen-bond donors (Lipinski definition) is 1. The Morgan fingerprint density at radius 3 is 2.92 bits per heavy atom. The lowest BCUT2D eigenvalue weighted by Crippen LogP contribution is -2.44. The Morgan fingerprint density at radius 1 is 1.35 bits per heavy atom. The van der Waals surface area contributed by atoms with E-state index < -0.39 is 0 Å². The number of carbonyl (C=O) groups is 1. The lowest BCUT2D eigenvalue weighted by Gasteiger charge is -2.35. The van der Waals surface area contributed by atoms with Crippen LogP contribution in [0.1, 0.15) is 40.8 Å². The summed E-state index contributed by atoms with van der Waals surface area (Å²) in [5, 5.41) is 16.3. The SMILES string of the molecule is Cn1c(Cn2cccn2)nnc1C1CC(NC(=O)c2cncc(Cl)c2)C1. The molecule has 3 aromatic heterocycles. The van der Waals surface area contributed by atoms with Crippen LogP contribution in [0.5, 0.6) is 0 Å². The van der Waals surface area contributed by atoms with Crippen molar-refractivity contribution in [1.82, 2.24) is 34.8 Å². The fourth-order valence-electron chi connectivity index (χ4n) is 3.16. The Morgan fingerprint density at radius 2 is 2.19 bits per heavy atom. The summed E-state index contributed by atoms with van der Waals surface area (Å²) < 4.78 is 3.84. The predicted molar refractivity (Wildman–Crippen MR) is 94.8 cm³/mol. The van der Waals surface area contributed by atoms with Gasteiger partial charge in [-0.2, -0.15) is 5.10 Å². The van der Waals surface area contributed by atoms with Crippen molar-refractivity contribution < 1.29 is 4.79 Å². The first kappa shape index (κ1) is 16.7. The molecular weight excluding hydrogens is 354 g/mol. The van der Waals surface area contributed by atoms with Gasteiger partial charge in [0.25, 0.3) is 5.91 Å². The molecule has 9 heteroatoms. The molecule has 0 aliphatic heterocycles. The summed E-state index contributed by atoms with van der Waals surface area (Å²) in [4.78, 5) is 16.2. The Kier molecular flexibility index (Phi) is 4.42. The van der Waals surface area contributed by atoms with Crippen LogP contribution < -0.4 is 5.32 Å². The van der Waals surface area contributed by atoms with Gasteiger partial charge in [-0.1, -0.05) is 11.6 Å². The highest BCUT2D eigenvalue weighted by Gasteiger charge is 2.35. The highest BCUT2D eigenvalue weighted by Crippen LogP contribution is 2.36. The Hall–Kier alpha value is -2.74. The average molecular weight is 372 g/mol. The van der Waals surface area contributed by atoms with E-state index in [0.717, 1.165) is 24.5 Å². The van der Waals surface area contributed by atoms with E-state index in [1.54, 1.807) is 12.3 Å².